The average Bonchev–Trinajstić information content (AvgIpc) is 2.92. The zero-order valence-electron chi connectivity index (χ0n) is 9.71. The molecule has 3 aliphatic heterocycles. The van der Waals surface area contributed by atoms with Crippen molar-refractivity contribution in [2.24, 2.45) is 11.8 Å². The lowest BCUT2D eigenvalue weighted by Crippen LogP contribution is -2.29. The number of fused-ring (bicyclic) bond motifs is 5. The third-order valence-corrected chi connectivity index (χ3v) is 4.17. The summed E-state index contributed by atoms with van der Waals surface area (Å²) in [5.74, 6) is 0.573. The highest BCUT2D eigenvalue weighted by molar-refractivity contribution is 5.18. The molecule has 0 saturated carbocycles. The molecule has 3 heteroatoms. The minimum atomic E-state index is -0.614. The molecule has 3 nitrogen and oxygen atoms in total. The molecule has 0 aliphatic carbocycles. The summed E-state index contributed by atoms with van der Waals surface area (Å²) in [7, 11) is 0. The molecule has 0 aromatic carbocycles. The number of hydrogen-bond acceptors (Lipinski definition) is 3. The van der Waals surface area contributed by atoms with Crippen LogP contribution in [0.4, 0.5) is 0 Å². The molecular weight excluding hydrogens is 204 g/mol. The zero-order chi connectivity index (χ0) is 11.1. The van der Waals surface area contributed by atoms with Crippen LogP contribution in [0.2, 0.25) is 0 Å². The quantitative estimate of drug-likeness (QED) is 0.585. The van der Waals surface area contributed by atoms with Gasteiger partial charge >= 0.3 is 0 Å². The van der Waals surface area contributed by atoms with Gasteiger partial charge in [0, 0.05) is 11.8 Å². The highest BCUT2D eigenvalue weighted by Gasteiger charge is 2.57. The highest BCUT2D eigenvalue weighted by Crippen LogP contribution is 2.49. The predicted octanol–water partition coefficient (Wildman–Crippen LogP) is 1.85. The number of aliphatic hydroxyl groups excluding tert-OH is 1. The molecule has 3 aliphatic rings. The van der Waals surface area contributed by atoms with Crippen LogP contribution in [0.1, 0.15) is 32.6 Å². The monoisotopic (exact) mass is 224 g/mol. The van der Waals surface area contributed by atoms with Gasteiger partial charge in [-0.05, 0) is 6.42 Å². The van der Waals surface area contributed by atoms with Crippen LogP contribution in [0.25, 0.3) is 0 Å². The minimum Gasteiger partial charge on any atom is -0.368 e. The van der Waals surface area contributed by atoms with E-state index in [2.05, 4.69) is 19.1 Å². The second kappa shape index (κ2) is 4.13. The largest absolute Gasteiger partial charge is 0.368 e. The Morgan fingerprint density at radius 3 is 2.56 bits per heavy atom. The SMILES string of the molecule is CCCCC[C@H]1OC(O)[C@H]2[C@@H]1[C@@H]1C=C[C@H]2O1. The normalized spacial score (nSPS) is 48.9. The van der Waals surface area contributed by atoms with Gasteiger partial charge in [0.1, 0.15) is 0 Å². The molecule has 2 saturated heterocycles. The van der Waals surface area contributed by atoms with E-state index in [0.29, 0.717) is 5.92 Å². The van der Waals surface area contributed by atoms with Gasteiger partial charge in [0.2, 0.25) is 0 Å². The predicted molar refractivity (Wildman–Crippen MR) is 59.8 cm³/mol. The van der Waals surface area contributed by atoms with Crippen LogP contribution in [0.15, 0.2) is 12.2 Å². The Morgan fingerprint density at radius 1 is 1.06 bits per heavy atom. The van der Waals surface area contributed by atoms with Gasteiger partial charge in [0.05, 0.1) is 18.3 Å². The van der Waals surface area contributed by atoms with Gasteiger partial charge in [0.25, 0.3) is 0 Å². The number of hydrogen-bond donors (Lipinski definition) is 1. The molecule has 2 bridgehead atoms. The molecule has 0 aromatic rings. The number of unbranched alkanes of at least 4 members (excludes halogenated alkanes) is 2. The molecule has 0 amide bonds. The Balaban J connectivity index is 1.66. The summed E-state index contributed by atoms with van der Waals surface area (Å²) in [6.45, 7) is 2.20. The van der Waals surface area contributed by atoms with Gasteiger partial charge in [0.15, 0.2) is 6.29 Å². The lowest BCUT2D eigenvalue weighted by Gasteiger charge is -2.20. The zero-order valence-corrected chi connectivity index (χ0v) is 9.71. The smallest absolute Gasteiger partial charge is 0.161 e. The number of rotatable bonds is 4. The van der Waals surface area contributed by atoms with Gasteiger partial charge in [-0.1, -0.05) is 38.3 Å². The molecule has 0 radical (unpaired) electrons. The van der Waals surface area contributed by atoms with Gasteiger partial charge in [-0.25, -0.2) is 0 Å². The molecule has 0 spiro atoms. The van der Waals surface area contributed by atoms with Crippen LogP contribution in [0.5, 0.6) is 0 Å². The summed E-state index contributed by atoms with van der Waals surface area (Å²) in [5, 5.41) is 9.91. The fourth-order valence-electron chi connectivity index (χ4n) is 3.40. The van der Waals surface area contributed by atoms with Crippen molar-refractivity contribution in [3.63, 3.8) is 0 Å². The third kappa shape index (κ3) is 1.53. The summed E-state index contributed by atoms with van der Waals surface area (Å²) in [5.41, 5.74) is 0. The van der Waals surface area contributed by atoms with E-state index in [4.69, 9.17) is 9.47 Å². The number of aliphatic hydroxyl groups is 1. The van der Waals surface area contributed by atoms with Crippen molar-refractivity contribution in [3.8, 4) is 0 Å². The standard InChI is InChI=1S/C13H20O3/c1-2-3-4-5-8-11-9-6-7-10(15-9)12(11)13(14)16-8/h6-14H,2-5H2,1H3/t8-,9+,10-,11+,12-,13?/m1/s1. The van der Waals surface area contributed by atoms with Crippen molar-refractivity contribution < 1.29 is 14.6 Å². The Hall–Kier alpha value is -0.380. The lowest BCUT2D eigenvalue weighted by molar-refractivity contribution is -0.129. The first-order chi connectivity index (χ1) is 7.81. The molecule has 90 valence electrons. The summed E-state index contributed by atoms with van der Waals surface area (Å²) >= 11 is 0. The van der Waals surface area contributed by atoms with Crippen LogP contribution >= 0.6 is 0 Å². The maximum atomic E-state index is 9.91. The van der Waals surface area contributed by atoms with E-state index >= 15 is 0 Å². The first-order valence-corrected chi connectivity index (χ1v) is 6.48. The average molecular weight is 224 g/mol. The van der Waals surface area contributed by atoms with E-state index in [0.717, 1.165) is 6.42 Å². The summed E-state index contributed by atoms with van der Waals surface area (Å²) < 4.78 is 11.5. The van der Waals surface area contributed by atoms with Crippen LogP contribution < -0.4 is 0 Å². The van der Waals surface area contributed by atoms with Crippen LogP contribution in [-0.4, -0.2) is 29.7 Å². The van der Waals surface area contributed by atoms with Gasteiger partial charge in [-0.15, -0.1) is 0 Å². The molecule has 2 fully saturated rings. The van der Waals surface area contributed by atoms with Crippen LogP contribution in [0, 0.1) is 11.8 Å². The first-order valence-electron chi connectivity index (χ1n) is 6.48. The van der Waals surface area contributed by atoms with Crippen LogP contribution in [0.3, 0.4) is 0 Å². The first kappa shape index (κ1) is 10.8. The van der Waals surface area contributed by atoms with E-state index in [1.54, 1.807) is 0 Å². The fourth-order valence-corrected chi connectivity index (χ4v) is 3.40. The Labute approximate surface area is 96.4 Å². The van der Waals surface area contributed by atoms with Crippen molar-refractivity contribution in [1.29, 1.82) is 0 Å². The Kier molecular flexibility index (Phi) is 2.78. The molecule has 1 unspecified atom stereocenters. The fraction of sp³-hybridized carbons (Fsp3) is 0.846. The Bertz CT molecular complexity index is 289. The molecule has 3 rings (SSSR count). The van der Waals surface area contributed by atoms with Gasteiger partial charge < -0.3 is 14.6 Å². The summed E-state index contributed by atoms with van der Waals surface area (Å²) in [4.78, 5) is 0. The lowest BCUT2D eigenvalue weighted by atomic mass is 9.80. The van der Waals surface area contributed by atoms with Gasteiger partial charge in [-0.2, -0.15) is 0 Å². The third-order valence-electron chi connectivity index (χ3n) is 4.17. The molecule has 1 N–H and O–H groups in total. The molecule has 16 heavy (non-hydrogen) atoms. The van der Waals surface area contributed by atoms with Crippen molar-refractivity contribution in [1.82, 2.24) is 0 Å². The van der Waals surface area contributed by atoms with E-state index in [1.165, 1.54) is 19.3 Å². The molecule has 6 atom stereocenters. The highest BCUT2D eigenvalue weighted by atomic mass is 16.6. The molecule has 3 heterocycles. The molecular formula is C13H20O3. The number of ether oxygens (including phenoxy) is 2. The van der Waals surface area contributed by atoms with E-state index < -0.39 is 6.29 Å². The molecule has 0 aromatic heterocycles. The second-order valence-electron chi connectivity index (χ2n) is 5.17. The van der Waals surface area contributed by atoms with E-state index in [1.807, 2.05) is 0 Å². The van der Waals surface area contributed by atoms with Gasteiger partial charge in [-0.3, -0.25) is 0 Å². The minimum absolute atomic E-state index is 0.0983. The maximum absolute atomic E-state index is 9.91. The second-order valence-corrected chi connectivity index (χ2v) is 5.17. The summed E-state index contributed by atoms with van der Waals surface area (Å²) in [6, 6.07) is 0. The van der Waals surface area contributed by atoms with E-state index in [9.17, 15) is 5.11 Å². The van der Waals surface area contributed by atoms with Crippen molar-refractivity contribution in [3.05, 3.63) is 12.2 Å². The van der Waals surface area contributed by atoms with E-state index in [-0.39, 0.29) is 24.2 Å². The Morgan fingerprint density at radius 2 is 1.81 bits per heavy atom. The van der Waals surface area contributed by atoms with Crippen molar-refractivity contribution in [2.45, 2.75) is 57.2 Å². The van der Waals surface area contributed by atoms with Crippen molar-refractivity contribution >= 4 is 0 Å². The topological polar surface area (TPSA) is 38.7 Å². The summed E-state index contributed by atoms with van der Waals surface area (Å²) in [6.07, 6.45) is 8.82. The van der Waals surface area contributed by atoms with Crippen molar-refractivity contribution in [2.75, 3.05) is 0 Å². The maximum Gasteiger partial charge on any atom is 0.161 e. The van der Waals surface area contributed by atoms with Crippen LogP contribution in [-0.2, 0) is 9.47 Å².